The van der Waals surface area contributed by atoms with E-state index in [9.17, 15) is 0 Å². The van der Waals surface area contributed by atoms with Gasteiger partial charge in [0.25, 0.3) is 0 Å². The summed E-state index contributed by atoms with van der Waals surface area (Å²) in [6.07, 6.45) is 5.33. The zero-order valence-electron chi connectivity index (χ0n) is 15.0. The number of hydrogen-bond acceptors (Lipinski definition) is 3. The fraction of sp³-hybridized carbons (Fsp3) is 1.00. The molecular formula is C18H36N2O. The predicted octanol–water partition coefficient (Wildman–Crippen LogP) is 3.43. The SMILES string of the molecule is CCOC1CC(N2CC(CC)(CC)NCC2CC)C1(C)C. The number of rotatable bonds is 6. The topological polar surface area (TPSA) is 24.5 Å². The summed E-state index contributed by atoms with van der Waals surface area (Å²) in [5, 5.41) is 3.86. The van der Waals surface area contributed by atoms with Crippen molar-refractivity contribution in [2.75, 3.05) is 19.7 Å². The molecule has 0 radical (unpaired) electrons. The second kappa shape index (κ2) is 6.55. The lowest BCUT2D eigenvalue weighted by Crippen LogP contribution is -2.72. The van der Waals surface area contributed by atoms with Crippen LogP contribution in [0.4, 0.5) is 0 Å². The van der Waals surface area contributed by atoms with Crippen LogP contribution in [0.3, 0.4) is 0 Å². The second-order valence-corrected chi connectivity index (χ2v) is 7.62. The fourth-order valence-corrected chi connectivity index (χ4v) is 4.36. The van der Waals surface area contributed by atoms with Crippen LogP contribution in [-0.2, 0) is 4.74 Å². The van der Waals surface area contributed by atoms with Gasteiger partial charge in [-0.1, -0.05) is 34.6 Å². The van der Waals surface area contributed by atoms with Crippen molar-refractivity contribution in [2.24, 2.45) is 5.41 Å². The first-order valence-electron chi connectivity index (χ1n) is 9.06. The normalized spacial score (nSPS) is 35.4. The Bertz CT molecular complexity index is 338. The maximum absolute atomic E-state index is 5.95. The van der Waals surface area contributed by atoms with Crippen molar-refractivity contribution in [3.8, 4) is 0 Å². The Morgan fingerprint density at radius 2 is 1.81 bits per heavy atom. The first kappa shape index (κ1) is 17.2. The van der Waals surface area contributed by atoms with Crippen LogP contribution in [0.1, 0.15) is 67.2 Å². The Morgan fingerprint density at radius 3 is 2.29 bits per heavy atom. The summed E-state index contributed by atoms with van der Waals surface area (Å²) in [6.45, 7) is 17.1. The van der Waals surface area contributed by atoms with Gasteiger partial charge >= 0.3 is 0 Å². The van der Waals surface area contributed by atoms with E-state index in [4.69, 9.17) is 4.74 Å². The number of nitrogens with zero attached hydrogens (tertiary/aromatic N) is 1. The maximum Gasteiger partial charge on any atom is 0.0655 e. The molecule has 1 N–H and O–H groups in total. The summed E-state index contributed by atoms with van der Waals surface area (Å²) in [6, 6.07) is 1.36. The predicted molar refractivity (Wildman–Crippen MR) is 89.7 cm³/mol. The molecule has 0 bridgehead atoms. The highest BCUT2D eigenvalue weighted by atomic mass is 16.5. The van der Waals surface area contributed by atoms with Crippen LogP contribution in [0.25, 0.3) is 0 Å². The molecule has 0 aromatic rings. The Labute approximate surface area is 131 Å². The van der Waals surface area contributed by atoms with E-state index in [2.05, 4.69) is 51.8 Å². The van der Waals surface area contributed by atoms with Crippen molar-refractivity contribution in [2.45, 2.75) is 91.0 Å². The van der Waals surface area contributed by atoms with Gasteiger partial charge in [-0.05, 0) is 32.6 Å². The maximum atomic E-state index is 5.95. The van der Waals surface area contributed by atoms with E-state index in [0.717, 1.165) is 13.2 Å². The standard InChI is InChI=1S/C18H36N2O/c1-7-14-12-19-18(8-2,9-3)13-20(14)15-11-16(21-10-4)17(15,5)6/h14-16,19H,7-13H2,1-6H3. The Kier molecular flexibility index (Phi) is 5.38. The molecule has 1 aliphatic carbocycles. The smallest absolute Gasteiger partial charge is 0.0655 e. The largest absolute Gasteiger partial charge is 0.378 e. The van der Waals surface area contributed by atoms with Crippen LogP contribution in [0.5, 0.6) is 0 Å². The van der Waals surface area contributed by atoms with E-state index >= 15 is 0 Å². The molecule has 1 saturated heterocycles. The highest BCUT2D eigenvalue weighted by Gasteiger charge is 2.54. The van der Waals surface area contributed by atoms with Crippen LogP contribution >= 0.6 is 0 Å². The summed E-state index contributed by atoms with van der Waals surface area (Å²) in [5.74, 6) is 0. The van der Waals surface area contributed by atoms with Crippen LogP contribution in [-0.4, -0.2) is 48.3 Å². The minimum absolute atomic E-state index is 0.286. The average Bonchev–Trinajstić information content (AvgIpc) is 2.50. The fourth-order valence-electron chi connectivity index (χ4n) is 4.36. The summed E-state index contributed by atoms with van der Waals surface area (Å²) in [4.78, 5) is 2.82. The van der Waals surface area contributed by atoms with Crippen molar-refractivity contribution in [3.63, 3.8) is 0 Å². The molecule has 124 valence electrons. The third kappa shape index (κ3) is 3.02. The van der Waals surface area contributed by atoms with Crippen molar-refractivity contribution in [1.82, 2.24) is 10.2 Å². The molecule has 0 amide bonds. The molecule has 3 nitrogen and oxygen atoms in total. The molecule has 0 aromatic carbocycles. The lowest BCUT2D eigenvalue weighted by molar-refractivity contribution is -0.167. The van der Waals surface area contributed by atoms with Crippen LogP contribution in [0.2, 0.25) is 0 Å². The highest BCUT2D eigenvalue weighted by Crippen LogP contribution is 2.47. The van der Waals surface area contributed by atoms with Crippen LogP contribution in [0, 0.1) is 5.41 Å². The molecule has 21 heavy (non-hydrogen) atoms. The highest BCUT2D eigenvalue weighted by molar-refractivity contribution is 5.08. The van der Waals surface area contributed by atoms with E-state index in [1.165, 1.54) is 32.2 Å². The molecule has 2 aliphatic rings. The van der Waals surface area contributed by atoms with Gasteiger partial charge < -0.3 is 10.1 Å². The second-order valence-electron chi connectivity index (χ2n) is 7.62. The van der Waals surface area contributed by atoms with Crippen molar-refractivity contribution in [3.05, 3.63) is 0 Å². The first-order valence-corrected chi connectivity index (χ1v) is 9.06. The third-order valence-electron chi connectivity index (χ3n) is 6.39. The minimum atomic E-state index is 0.286. The summed E-state index contributed by atoms with van der Waals surface area (Å²) in [7, 11) is 0. The van der Waals surface area contributed by atoms with Gasteiger partial charge in [0.1, 0.15) is 0 Å². The summed E-state index contributed by atoms with van der Waals surface area (Å²) in [5.41, 5.74) is 0.604. The summed E-state index contributed by atoms with van der Waals surface area (Å²) >= 11 is 0. The molecule has 1 heterocycles. The molecule has 2 rings (SSSR count). The molecule has 0 spiro atoms. The number of ether oxygens (including phenoxy) is 1. The molecule has 1 aliphatic heterocycles. The lowest BCUT2D eigenvalue weighted by atomic mass is 9.62. The molecule has 1 saturated carbocycles. The van der Waals surface area contributed by atoms with Gasteiger partial charge in [0.05, 0.1) is 6.10 Å². The molecule has 3 atom stereocenters. The zero-order chi connectivity index (χ0) is 15.7. The van der Waals surface area contributed by atoms with E-state index in [1.807, 2.05) is 0 Å². The monoisotopic (exact) mass is 296 g/mol. The lowest BCUT2D eigenvalue weighted by Gasteiger charge is -2.61. The molecule has 3 heteroatoms. The molecule has 3 unspecified atom stereocenters. The summed E-state index contributed by atoms with van der Waals surface area (Å²) < 4.78 is 5.95. The van der Waals surface area contributed by atoms with Crippen molar-refractivity contribution < 1.29 is 4.74 Å². The molecule has 0 aromatic heterocycles. The third-order valence-corrected chi connectivity index (χ3v) is 6.39. The Balaban J connectivity index is 2.12. The number of piperazine rings is 1. The van der Waals surface area contributed by atoms with E-state index in [1.54, 1.807) is 0 Å². The van der Waals surface area contributed by atoms with Gasteiger partial charge in [0, 0.05) is 42.7 Å². The van der Waals surface area contributed by atoms with Crippen molar-refractivity contribution in [1.29, 1.82) is 0 Å². The van der Waals surface area contributed by atoms with Gasteiger partial charge in [-0.2, -0.15) is 0 Å². The minimum Gasteiger partial charge on any atom is -0.378 e. The van der Waals surface area contributed by atoms with Gasteiger partial charge in [0.2, 0.25) is 0 Å². The first-order chi connectivity index (χ1) is 9.94. The van der Waals surface area contributed by atoms with Crippen LogP contribution in [0.15, 0.2) is 0 Å². The number of nitrogens with one attached hydrogen (secondary N) is 1. The Morgan fingerprint density at radius 1 is 1.14 bits per heavy atom. The van der Waals surface area contributed by atoms with E-state index < -0.39 is 0 Å². The number of hydrogen-bond donors (Lipinski definition) is 1. The van der Waals surface area contributed by atoms with Crippen molar-refractivity contribution >= 4 is 0 Å². The van der Waals surface area contributed by atoms with Gasteiger partial charge in [-0.15, -0.1) is 0 Å². The van der Waals surface area contributed by atoms with Gasteiger partial charge in [0.15, 0.2) is 0 Å². The van der Waals surface area contributed by atoms with Crippen LogP contribution < -0.4 is 5.32 Å². The van der Waals surface area contributed by atoms with Gasteiger partial charge in [-0.25, -0.2) is 0 Å². The molecular weight excluding hydrogens is 260 g/mol. The Hall–Kier alpha value is -0.120. The molecule has 2 fully saturated rings. The quantitative estimate of drug-likeness (QED) is 0.812. The van der Waals surface area contributed by atoms with Gasteiger partial charge in [-0.3, -0.25) is 4.90 Å². The zero-order valence-corrected chi connectivity index (χ0v) is 15.0. The average molecular weight is 296 g/mol. The van der Waals surface area contributed by atoms with E-state index in [0.29, 0.717) is 23.7 Å². The van der Waals surface area contributed by atoms with E-state index in [-0.39, 0.29) is 5.41 Å².